The Morgan fingerprint density at radius 3 is 1.55 bits per heavy atom. The molecule has 0 aromatic rings. The molecular formula is C5H9Cl5Si. The summed E-state index contributed by atoms with van der Waals surface area (Å²) in [6.07, 6.45) is 0. The summed E-state index contributed by atoms with van der Waals surface area (Å²) in [6, 6.07) is -2.08. The van der Waals surface area contributed by atoms with E-state index < -0.39 is 6.00 Å². The monoisotopic (exact) mass is 272 g/mol. The van der Waals surface area contributed by atoms with E-state index in [-0.39, 0.29) is 5.41 Å². The van der Waals surface area contributed by atoms with Gasteiger partial charge in [0.1, 0.15) is 0 Å². The Balaban J connectivity index is 4.08. The van der Waals surface area contributed by atoms with Gasteiger partial charge < -0.3 is 0 Å². The van der Waals surface area contributed by atoms with Gasteiger partial charge in [-0.3, -0.25) is 0 Å². The molecule has 0 nitrogen and oxygen atoms in total. The minimum Gasteiger partial charge on any atom is -0.126 e. The molecule has 0 saturated heterocycles. The smallest absolute Gasteiger partial charge is 0.126 e. The molecule has 0 fully saturated rings. The molecule has 0 aliphatic rings. The van der Waals surface area contributed by atoms with Crippen LogP contribution in [0.2, 0.25) is 6.04 Å². The fraction of sp³-hybridized carbons (Fsp3) is 1.00. The van der Waals surface area contributed by atoms with Gasteiger partial charge >= 0.3 is 6.00 Å². The molecule has 0 aliphatic carbocycles. The van der Waals surface area contributed by atoms with Crippen LogP contribution >= 0.6 is 56.4 Å². The molecule has 11 heavy (non-hydrogen) atoms. The normalized spacial score (nSPS) is 13.6. The van der Waals surface area contributed by atoms with Crippen molar-refractivity contribution >= 4 is 62.4 Å². The second-order valence-electron chi connectivity index (χ2n) is 2.87. The van der Waals surface area contributed by atoms with Crippen LogP contribution in [0, 0.1) is 5.41 Å². The van der Waals surface area contributed by atoms with Gasteiger partial charge in [0.25, 0.3) is 0 Å². The van der Waals surface area contributed by atoms with Crippen molar-refractivity contribution in [2.75, 3.05) is 11.8 Å². The van der Waals surface area contributed by atoms with Crippen LogP contribution in [0.5, 0.6) is 0 Å². The summed E-state index contributed by atoms with van der Waals surface area (Å²) in [7, 11) is 0. The Labute approximate surface area is 92.2 Å². The molecule has 0 aromatic heterocycles. The predicted molar refractivity (Wildman–Crippen MR) is 57.7 cm³/mol. The third kappa shape index (κ3) is 5.84. The molecule has 6 heteroatoms. The minimum absolute atomic E-state index is 0.236. The van der Waals surface area contributed by atoms with Crippen LogP contribution in [-0.4, -0.2) is 17.8 Å². The molecule has 0 amide bonds. The first kappa shape index (κ1) is 12.7. The van der Waals surface area contributed by atoms with Crippen LogP contribution in [0.25, 0.3) is 0 Å². The lowest BCUT2D eigenvalue weighted by molar-refractivity contribution is 0.482. The molecule has 0 spiro atoms. The van der Waals surface area contributed by atoms with Gasteiger partial charge in [-0.2, -0.15) is 0 Å². The summed E-state index contributed by atoms with van der Waals surface area (Å²) >= 11 is 28.5. The maximum absolute atomic E-state index is 5.73. The molecule has 68 valence electrons. The zero-order chi connectivity index (χ0) is 9.12. The molecule has 0 atom stereocenters. The van der Waals surface area contributed by atoms with Crippen molar-refractivity contribution in [3.63, 3.8) is 0 Å². The van der Waals surface area contributed by atoms with Crippen LogP contribution in [0.15, 0.2) is 0 Å². The molecule has 0 aromatic carbocycles. The Hall–Kier alpha value is 1.67. The number of alkyl halides is 2. The average molecular weight is 274 g/mol. The lowest BCUT2D eigenvalue weighted by atomic mass is 10.00. The Morgan fingerprint density at radius 2 is 1.45 bits per heavy atom. The molecular weight excluding hydrogens is 265 g/mol. The van der Waals surface area contributed by atoms with Gasteiger partial charge in [0, 0.05) is 11.8 Å². The first-order valence-corrected chi connectivity index (χ1v) is 9.33. The van der Waals surface area contributed by atoms with Crippen LogP contribution in [0.1, 0.15) is 6.92 Å². The van der Waals surface area contributed by atoms with E-state index in [1.54, 1.807) is 0 Å². The molecule has 0 saturated carbocycles. The van der Waals surface area contributed by atoms with E-state index in [4.69, 9.17) is 56.4 Å². The van der Waals surface area contributed by atoms with E-state index in [0.717, 1.165) is 0 Å². The largest absolute Gasteiger partial charge is 0.342 e. The van der Waals surface area contributed by atoms with Crippen molar-refractivity contribution in [3.05, 3.63) is 0 Å². The molecule has 0 rings (SSSR count). The summed E-state index contributed by atoms with van der Waals surface area (Å²) in [5, 5.41) is 0. The first-order chi connectivity index (χ1) is 4.83. The van der Waals surface area contributed by atoms with Gasteiger partial charge in [0.2, 0.25) is 0 Å². The highest BCUT2D eigenvalue weighted by molar-refractivity contribution is 7.64. The maximum Gasteiger partial charge on any atom is 0.342 e. The van der Waals surface area contributed by atoms with Crippen LogP contribution in [0.3, 0.4) is 0 Å². The summed E-state index contributed by atoms with van der Waals surface area (Å²) < 4.78 is 0. The predicted octanol–water partition coefficient (Wildman–Crippen LogP) is 4.13. The highest BCUT2D eigenvalue weighted by Gasteiger charge is 2.36. The second kappa shape index (κ2) is 4.78. The third-order valence-corrected chi connectivity index (χ3v) is 5.02. The Morgan fingerprint density at radius 1 is 1.09 bits per heavy atom. The number of halogens is 5. The third-order valence-electron chi connectivity index (χ3n) is 1.27. The number of hydrogen-bond acceptors (Lipinski definition) is 0. The van der Waals surface area contributed by atoms with Crippen molar-refractivity contribution in [2.45, 2.75) is 13.0 Å². The average Bonchev–Trinajstić information content (AvgIpc) is 1.84. The summed E-state index contributed by atoms with van der Waals surface area (Å²) in [5.41, 5.74) is -0.236. The van der Waals surface area contributed by atoms with E-state index in [2.05, 4.69) is 0 Å². The zero-order valence-corrected chi connectivity index (χ0v) is 10.8. The van der Waals surface area contributed by atoms with E-state index in [9.17, 15) is 0 Å². The standard InChI is InChI=1S/C5H9Cl5Si/c1-5(2-6,3-7)4-11(8,9)10/h2-4H2,1H3. The van der Waals surface area contributed by atoms with Gasteiger partial charge in [-0.05, 0) is 11.5 Å². The molecule has 0 unspecified atom stereocenters. The van der Waals surface area contributed by atoms with E-state index in [1.165, 1.54) is 0 Å². The highest BCUT2D eigenvalue weighted by atomic mass is 35.8. The summed E-state index contributed by atoms with van der Waals surface area (Å²) in [5.74, 6) is 0.856. The van der Waals surface area contributed by atoms with Crippen molar-refractivity contribution < 1.29 is 0 Å². The van der Waals surface area contributed by atoms with Gasteiger partial charge in [-0.25, -0.2) is 0 Å². The summed E-state index contributed by atoms with van der Waals surface area (Å²) in [6.45, 7) is 1.92. The summed E-state index contributed by atoms with van der Waals surface area (Å²) in [4.78, 5) is 0. The molecule has 0 radical (unpaired) electrons. The molecule has 0 N–H and O–H groups in total. The van der Waals surface area contributed by atoms with Crippen LogP contribution in [-0.2, 0) is 0 Å². The number of hydrogen-bond donors (Lipinski definition) is 0. The topological polar surface area (TPSA) is 0 Å². The first-order valence-electron chi connectivity index (χ1n) is 3.02. The molecule has 0 aliphatic heterocycles. The van der Waals surface area contributed by atoms with Crippen molar-refractivity contribution in [3.8, 4) is 0 Å². The fourth-order valence-corrected chi connectivity index (χ4v) is 5.53. The second-order valence-corrected chi connectivity index (χ2v) is 12.5. The SMILES string of the molecule is CC(CCl)(CCl)C[Si](Cl)(Cl)Cl. The van der Waals surface area contributed by atoms with Crippen LogP contribution in [0.4, 0.5) is 0 Å². The number of rotatable bonds is 4. The van der Waals surface area contributed by atoms with Crippen molar-refractivity contribution in [1.29, 1.82) is 0 Å². The van der Waals surface area contributed by atoms with Crippen LogP contribution < -0.4 is 0 Å². The van der Waals surface area contributed by atoms with Gasteiger partial charge in [-0.1, -0.05) is 6.92 Å². The van der Waals surface area contributed by atoms with E-state index >= 15 is 0 Å². The van der Waals surface area contributed by atoms with Crippen molar-refractivity contribution in [2.24, 2.45) is 5.41 Å². The quantitative estimate of drug-likeness (QED) is 0.411. The van der Waals surface area contributed by atoms with E-state index in [1.807, 2.05) is 6.92 Å². The lowest BCUT2D eigenvalue weighted by Gasteiger charge is -2.26. The fourth-order valence-electron chi connectivity index (χ4n) is 0.614. The lowest BCUT2D eigenvalue weighted by Crippen LogP contribution is -2.28. The minimum atomic E-state index is -2.59. The highest BCUT2D eigenvalue weighted by Crippen LogP contribution is 2.37. The Bertz CT molecular complexity index is 117. The van der Waals surface area contributed by atoms with Gasteiger partial charge in [0.05, 0.1) is 0 Å². The van der Waals surface area contributed by atoms with Crippen molar-refractivity contribution in [1.82, 2.24) is 0 Å². The maximum atomic E-state index is 5.73. The molecule has 0 heterocycles. The van der Waals surface area contributed by atoms with Gasteiger partial charge in [-0.15, -0.1) is 56.4 Å². The van der Waals surface area contributed by atoms with Gasteiger partial charge in [0.15, 0.2) is 0 Å². The Kier molecular flexibility index (Phi) is 5.50. The van der Waals surface area contributed by atoms with E-state index in [0.29, 0.717) is 17.8 Å². The molecule has 0 bridgehead atoms. The zero-order valence-electron chi connectivity index (χ0n) is 6.01.